The van der Waals surface area contributed by atoms with Crippen molar-refractivity contribution < 1.29 is 24.5 Å². The van der Waals surface area contributed by atoms with Crippen LogP contribution in [0.25, 0.3) is 0 Å². The number of hydrogen-bond acceptors (Lipinski definition) is 6. The lowest BCUT2D eigenvalue weighted by Crippen LogP contribution is -2.14. The minimum atomic E-state index is -0.669. The van der Waals surface area contributed by atoms with Gasteiger partial charge in [-0.05, 0) is 30.0 Å². The molecule has 21 heavy (non-hydrogen) atoms. The number of thiol groups is 1. The Morgan fingerprint density at radius 3 is 2.81 bits per heavy atom. The average molecular weight is 314 g/mol. The van der Waals surface area contributed by atoms with Crippen LogP contribution in [0, 0.1) is 5.92 Å². The van der Waals surface area contributed by atoms with E-state index in [-0.39, 0.29) is 37.5 Å². The fraction of sp³-hybridized carbons (Fsp3) is 0.533. The molecule has 0 spiro atoms. The minimum absolute atomic E-state index is 0.0559. The van der Waals surface area contributed by atoms with E-state index in [1.165, 1.54) is 0 Å². The van der Waals surface area contributed by atoms with E-state index in [2.05, 4.69) is 12.6 Å². The summed E-state index contributed by atoms with van der Waals surface area (Å²) in [6.07, 6.45) is -0.111. The largest absolute Gasteiger partial charge is 0.491 e. The quantitative estimate of drug-likeness (QED) is 0.477. The SMILES string of the molecule is C[C@@H](CCOC(=O)CS)[C@H](O)c1cccc(OCCO)c1. The molecule has 0 bridgehead atoms. The van der Waals surface area contributed by atoms with E-state index < -0.39 is 6.10 Å². The second-order valence-corrected chi connectivity index (χ2v) is 5.05. The molecule has 1 aromatic carbocycles. The molecule has 5 nitrogen and oxygen atoms in total. The zero-order chi connectivity index (χ0) is 15.7. The van der Waals surface area contributed by atoms with Gasteiger partial charge in [0.2, 0.25) is 0 Å². The smallest absolute Gasteiger partial charge is 0.315 e. The van der Waals surface area contributed by atoms with E-state index in [4.69, 9.17) is 14.6 Å². The normalized spacial score (nSPS) is 13.5. The van der Waals surface area contributed by atoms with E-state index in [1.807, 2.05) is 13.0 Å². The van der Waals surface area contributed by atoms with Gasteiger partial charge in [-0.25, -0.2) is 0 Å². The van der Waals surface area contributed by atoms with Gasteiger partial charge >= 0.3 is 5.97 Å². The highest BCUT2D eigenvalue weighted by Crippen LogP contribution is 2.27. The molecule has 1 rings (SSSR count). The van der Waals surface area contributed by atoms with E-state index >= 15 is 0 Å². The average Bonchev–Trinajstić information content (AvgIpc) is 2.52. The van der Waals surface area contributed by atoms with Gasteiger partial charge in [0.05, 0.1) is 25.1 Å². The van der Waals surface area contributed by atoms with Crippen molar-refractivity contribution in [3.8, 4) is 5.75 Å². The molecule has 0 radical (unpaired) electrons. The number of aliphatic hydroxyl groups excluding tert-OH is 2. The highest BCUT2D eigenvalue weighted by Gasteiger charge is 2.17. The summed E-state index contributed by atoms with van der Waals surface area (Å²) in [5, 5.41) is 19.0. The van der Waals surface area contributed by atoms with Gasteiger partial charge in [0, 0.05) is 0 Å². The van der Waals surface area contributed by atoms with Crippen LogP contribution in [-0.4, -0.2) is 41.8 Å². The number of carbonyl (C=O) groups excluding carboxylic acids is 1. The monoisotopic (exact) mass is 314 g/mol. The number of aliphatic hydroxyl groups is 2. The van der Waals surface area contributed by atoms with Gasteiger partial charge < -0.3 is 19.7 Å². The van der Waals surface area contributed by atoms with E-state index in [9.17, 15) is 9.90 Å². The van der Waals surface area contributed by atoms with E-state index in [0.717, 1.165) is 5.56 Å². The van der Waals surface area contributed by atoms with Crippen molar-refractivity contribution in [1.82, 2.24) is 0 Å². The first-order valence-corrected chi connectivity index (χ1v) is 7.50. The Bertz CT molecular complexity index is 438. The van der Waals surface area contributed by atoms with Crippen LogP contribution in [0.5, 0.6) is 5.75 Å². The highest BCUT2D eigenvalue weighted by atomic mass is 32.1. The fourth-order valence-corrected chi connectivity index (χ4v) is 1.93. The van der Waals surface area contributed by atoms with Gasteiger partial charge in [-0.2, -0.15) is 12.6 Å². The molecule has 2 N–H and O–H groups in total. The molecule has 2 atom stereocenters. The standard InChI is InChI=1S/C15H22O5S/c1-11(5-7-20-14(17)10-21)15(18)12-3-2-4-13(9-12)19-8-6-16/h2-4,9,11,15-16,18,21H,5-8,10H2,1H3/t11-,15-/m0/s1. The van der Waals surface area contributed by atoms with Gasteiger partial charge in [0.25, 0.3) is 0 Å². The summed E-state index contributed by atoms with van der Waals surface area (Å²) in [5.41, 5.74) is 0.735. The van der Waals surface area contributed by atoms with Crippen LogP contribution in [0.4, 0.5) is 0 Å². The zero-order valence-electron chi connectivity index (χ0n) is 12.1. The van der Waals surface area contributed by atoms with Gasteiger partial charge in [-0.3, -0.25) is 4.79 Å². The Morgan fingerprint density at radius 2 is 2.14 bits per heavy atom. The molecule has 0 amide bonds. The summed E-state index contributed by atoms with van der Waals surface area (Å²) >= 11 is 3.82. The van der Waals surface area contributed by atoms with Crippen molar-refractivity contribution in [3.05, 3.63) is 29.8 Å². The number of carbonyl (C=O) groups is 1. The molecule has 0 aliphatic rings. The van der Waals surface area contributed by atoms with Gasteiger partial charge in [0.15, 0.2) is 0 Å². The summed E-state index contributed by atoms with van der Waals surface area (Å²) in [6.45, 7) is 2.31. The lowest BCUT2D eigenvalue weighted by molar-refractivity contribution is -0.141. The van der Waals surface area contributed by atoms with Crippen molar-refractivity contribution in [2.45, 2.75) is 19.4 Å². The fourth-order valence-electron chi connectivity index (χ4n) is 1.84. The molecule has 0 aliphatic heterocycles. The molecule has 6 heteroatoms. The van der Waals surface area contributed by atoms with Crippen LogP contribution in [-0.2, 0) is 9.53 Å². The molecule has 0 saturated carbocycles. The third-order valence-electron chi connectivity index (χ3n) is 3.06. The maximum atomic E-state index is 11.0. The topological polar surface area (TPSA) is 76.0 Å². The van der Waals surface area contributed by atoms with Crippen molar-refractivity contribution in [2.24, 2.45) is 5.92 Å². The molecular formula is C15H22O5S. The Balaban J connectivity index is 2.52. The Morgan fingerprint density at radius 1 is 1.38 bits per heavy atom. The number of benzene rings is 1. The van der Waals surface area contributed by atoms with E-state index in [1.54, 1.807) is 18.2 Å². The molecule has 0 aliphatic carbocycles. The second-order valence-electron chi connectivity index (χ2n) is 4.73. The summed E-state index contributed by atoms with van der Waals surface area (Å²) in [4.78, 5) is 11.0. The number of esters is 1. The minimum Gasteiger partial charge on any atom is -0.491 e. The lowest BCUT2D eigenvalue weighted by Gasteiger charge is -2.19. The summed E-state index contributed by atoms with van der Waals surface area (Å²) < 4.78 is 10.3. The van der Waals surface area contributed by atoms with E-state index in [0.29, 0.717) is 12.2 Å². The first kappa shape index (κ1) is 17.8. The van der Waals surface area contributed by atoms with Crippen molar-refractivity contribution >= 4 is 18.6 Å². The first-order chi connectivity index (χ1) is 10.1. The molecule has 0 unspecified atom stereocenters. The zero-order valence-corrected chi connectivity index (χ0v) is 13.0. The summed E-state index contributed by atoms with van der Waals surface area (Å²) in [7, 11) is 0. The van der Waals surface area contributed by atoms with Crippen LogP contribution >= 0.6 is 12.6 Å². The van der Waals surface area contributed by atoms with Gasteiger partial charge in [0.1, 0.15) is 12.4 Å². The molecule has 0 aromatic heterocycles. The van der Waals surface area contributed by atoms with Crippen LogP contribution in [0.2, 0.25) is 0 Å². The van der Waals surface area contributed by atoms with Crippen LogP contribution in [0.15, 0.2) is 24.3 Å². The molecule has 0 fully saturated rings. The predicted molar refractivity (Wildman–Crippen MR) is 82.6 cm³/mol. The van der Waals surface area contributed by atoms with Crippen molar-refractivity contribution in [2.75, 3.05) is 25.6 Å². The third kappa shape index (κ3) is 6.37. The number of ether oxygens (including phenoxy) is 2. The summed E-state index contributed by atoms with van der Waals surface area (Å²) in [5.74, 6) is 0.237. The van der Waals surface area contributed by atoms with Gasteiger partial charge in [-0.15, -0.1) is 0 Å². The van der Waals surface area contributed by atoms with Crippen LogP contribution in [0.3, 0.4) is 0 Å². The van der Waals surface area contributed by atoms with Crippen molar-refractivity contribution in [3.63, 3.8) is 0 Å². The Kier molecular flexibility index (Phi) is 8.19. The Hall–Kier alpha value is -1.24. The predicted octanol–water partition coefficient (Wildman–Crippen LogP) is 1.59. The molecule has 0 saturated heterocycles. The Labute approximate surface area is 130 Å². The van der Waals surface area contributed by atoms with Gasteiger partial charge in [-0.1, -0.05) is 19.1 Å². The van der Waals surface area contributed by atoms with Crippen LogP contribution < -0.4 is 4.74 Å². The number of rotatable bonds is 9. The molecule has 1 aromatic rings. The molecular weight excluding hydrogens is 292 g/mol. The maximum Gasteiger partial charge on any atom is 0.315 e. The van der Waals surface area contributed by atoms with Crippen LogP contribution in [0.1, 0.15) is 25.0 Å². The second kappa shape index (κ2) is 9.65. The number of hydrogen-bond donors (Lipinski definition) is 3. The van der Waals surface area contributed by atoms with Crippen molar-refractivity contribution in [1.29, 1.82) is 0 Å². The first-order valence-electron chi connectivity index (χ1n) is 6.86. The molecule has 118 valence electrons. The maximum absolute atomic E-state index is 11.0. The lowest BCUT2D eigenvalue weighted by atomic mass is 9.95. The summed E-state index contributed by atoms with van der Waals surface area (Å²) in [6, 6.07) is 7.12. The molecule has 0 heterocycles. The highest BCUT2D eigenvalue weighted by molar-refractivity contribution is 7.81. The third-order valence-corrected chi connectivity index (χ3v) is 3.32.